The molecular formula is C26H19FN2O3. The first-order chi connectivity index (χ1) is 15.5. The molecule has 0 saturated carbocycles. The highest BCUT2D eigenvalue weighted by Crippen LogP contribution is 2.44. The summed E-state index contributed by atoms with van der Waals surface area (Å²) in [6, 6.07) is 24.7. The first-order valence-electron chi connectivity index (χ1n) is 10.3. The average molecular weight is 426 g/mol. The maximum absolute atomic E-state index is 14.4. The number of nitro benzene ring substituents is 1. The molecule has 1 aliphatic rings. The normalized spacial score (nSPS) is 15.6. The molecule has 5 rings (SSSR count). The number of non-ortho nitro benzene ring substituents is 1. The van der Waals surface area contributed by atoms with Gasteiger partial charge in [0.2, 0.25) is 5.91 Å². The van der Waals surface area contributed by atoms with E-state index in [0.29, 0.717) is 5.56 Å². The van der Waals surface area contributed by atoms with Gasteiger partial charge in [0, 0.05) is 35.7 Å². The van der Waals surface area contributed by atoms with Crippen LogP contribution in [0.2, 0.25) is 0 Å². The Hall–Kier alpha value is -4.06. The molecule has 1 heterocycles. The van der Waals surface area contributed by atoms with Crippen LogP contribution in [0.1, 0.15) is 29.0 Å². The van der Waals surface area contributed by atoms with Crippen molar-refractivity contribution in [1.82, 2.24) is 0 Å². The maximum atomic E-state index is 14.4. The van der Waals surface area contributed by atoms with Gasteiger partial charge in [-0.15, -0.1) is 0 Å². The van der Waals surface area contributed by atoms with E-state index in [4.69, 9.17) is 0 Å². The van der Waals surface area contributed by atoms with Crippen LogP contribution in [0, 0.1) is 15.9 Å². The minimum absolute atomic E-state index is 0.00945. The first kappa shape index (κ1) is 19.9. The molecule has 0 aromatic heterocycles. The Balaban J connectivity index is 1.66. The van der Waals surface area contributed by atoms with Crippen molar-refractivity contribution in [2.75, 3.05) is 4.90 Å². The van der Waals surface area contributed by atoms with E-state index in [1.54, 1.807) is 35.2 Å². The zero-order valence-electron chi connectivity index (χ0n) is 17.1. The number of anilines is 1. The number of benzene rings is 4. The van der Waals surface area contributed by atoms with Gasteiger partial charge in [-0.25, -0.2) is 4.39 Å². The summed E-state index contributed by atoms with van der Waals surface area (Å²) in [6.07, 6.45) is 0.202. The largest absolute Gasteiger partial charge is 0.308 e. The van der Waals surface area contributed by atoms with Gasteiger partial charge in [0.05, 0.1) is 11.5 Å². The van der Waals surface area contributed by atoms with Crippen molar-refractivity contribution in [2.45, 2.75) is 18.9 Å². The fourth-order valence-electron chi connectivity index (χ4n) is 4.49. The van der Waals surface area contributed by atoms with Crippen molar-refractivity contribution >= 4 is 28.1 Å². The molecule has 0 radical (unpaired) electrons. The van der Waals surface area contributed by atoms with Crippen molar-refractivity contribution in [3.63, 3.8) is 0 Å². The second-order valence-electron chi connectivity index (χ2n) is 7.90. The van der Waals surface area contributed by atoms with Crippen LogP contribution in [-0.4, -0.2) is 10.8 Å². The Morgan fingerprint density at radius 1 is 0.938 bits per heavy atom. The van der Waals surface area contributed by atoms with Crippen LogP contribution in [-0.2, 0) is 11.3 Å². The fraction of sp³-hybridized carbons (Fsp3) is 0.115. The summed E-state index contributed by atoms with van der Waals surface area (Å²) in [5.41, 5.74) is 3.02. The third kappa shape index (κ3) is 3.39. The molecule has 0 aliphatic carbocycles. The topological polar surface area (TPSA) is 63.4 Å². The van der Waals surface area contributed by atoms with E-state index in [0.717, 1.165) is 27.6 Å². The second-order valence-corrected chi connectivity index (χ2v) is 7.90. The van der Waals surface area contributed by atoms with Crippen LogP contribution in [0.3, 0.4) is 0 Å². The molecule has 0 spiro atoms. The van der Waals surface area contributed by atoms with Gasteiger partial charge >= 0.3 is 0 Å². The van der Waals surface area contributed by atoms with Crippen LogP contribution in [0.5, 0.6) is 0 Å². The monoisotopic (exact) mass is 426 g/mol. The molecule has 1 atom stereocenters. The SMILES string of the molecule is O=C1CC(c2ccc([N+](=O)[O-])cc2)c2c(ccc3ccccc23)N1Cc1ccccc1F. The Labute approximate surface area is 183 Å². The van der Waals surface area contributed by atoms with Crippen molar-refractivity contribution in [3.05, 3.63) is 118 Å². The number of carbonyl (C=O) groups excluding carboxylic acids is 1. The minimum Gasteiger partial charge on any atom is -0.308 e. The molecule has 4 aromatic carbocycles. The minimum atomic E-state index is -0.435. The highest BCUT2D eigenvalue weighted by molar-refractivity contribution is 6.03. The van der Waals surface area contributed by atoms with Gasteiger partial charge in [-0.2, -0.15) is 0 Å². The van der Waals surface area contributed by atoms with Crippen molar-refractivity contribution in [2.24, 2.45) is 0 Å². The molecular weight excluding hydrogens is 407 g/mol. The van der Waals surface area contributed by atoms with Crippen LogP contribution >= 0.6 is 0 Å². The van der Waals surface area contributed by atoms with Gasteiger partial charge in [0.1, 0.15) is 5.82 Å². The second kappa shape index (κ2) is 7.89. The molecule has 158 valence electrons. The predicted molar refractivity (Wildman–Crippen MR) is 121 cm³/mol. The predicted octanol–water partition coefficient (Wildman–Crippen LogP) is 5.96. The van der Waals surface area contributed by atoms with Gasteiger partial charge in [-0.3, -0.25) is 14.9 Å². The summed E-state index contributed by atoms with van der Waals surface area (Å²) in [4.78, 5) is 25.5. The van der Waals surface area contributed by atoms with Gasteiger partial charge < -0.3 is 4.90 Å². The lowest BCUT2D eigenvalue weighted by Gasteiger charge is -2.35. The van der Waals surface area contributed by atoms with E-state index in [-0.39, 0.29) is 36.3 Å². The van der Waals surface area contributed by atoms with Crippen molar-refractivity contribution in [1.29, 1.82) is 0 Å². The number of fused-ring (bicyclic) bond motifs is 3. The zero-order chi connectivity index (χ0) is 22.2. The number of nitro groups is 1. The molecule has 32 heavy (non-hydrogen) atoms. The van der Waals surface area contributed by atoms with Crippen LogP contribution in [0.4, 0.5) is 15.8 Å². The molecule has 1 amide bonds. The standard InChI is InChI=1S/C26H19FN2O3/c27-23-8-4-2-6-19(23)16-28-24-14-11-17-5-1-3-7-21(17)26(24)22(15-25(28)30)18-9-12-20(13-10-18)29(31)32/h1-14,22H,15-16H2. The number of rotatable bonds is 4. The van der Waals surface area contributed by atoms with Gasteiger partial charge in [0.25, 0.3) is 5.69 Å². The molecule has 0 bridgehead atoms. The fourth-order valence-corrected chi connectivity index (χ4v) is 4.49. The number of carbonyl (C=O) groups is 1. The Morgan fingerprint density at radius 3 is 2.41 bits per heavy atom. The van der Waals surface area contributed by atoms with E-state index in [2.05, 4.69) is 0 Å². The van der Waals surface area contributed by atoms with Crippen LogP contribution in [0.25, 0.3) is 10.8 Å². The van der Waals surface area contributed by atoms with E-state index < -0.39 is 4.92 Å². The molecule has 1 unspecified atom stereocenters. The summed E-state index contributed by atoms with van der Waals surface area (Å²) in [5, 5.41) is 13.1. The van der Waals surface area contributed by atoms with Gasteiger partial charge in [0.15, 0.2) is 0 Å². The molecule has 0 saturated heterocycles. The molecule has 1 aliphatic heterocycles. The molecule has 5 nitrogen and oxygen atoms in total. The zero-order valence-corrected chi connectivity index (χ0v) is 17.1. The average Bonchev–Trinajstić information content (AvgIpc) is 2.81. The van der Waals surface area contributed by atoms with E-state index in [1.807, 2.05) is 36.4 Å². The van der Waals surface area contributed by atoms with Crippen molar-refractivity contribution < 1.29 is 14.1 Å². The number of nitrogens with zero attached hydrogens (tertiary/aromatic N) is 2. The third-order valence-corrected chi connectivity index (χ3v) is 6.06. The van der Waals surface area contributed by atoms with E-state index >= 15 is 0 Å². The Morgan fingerprint density at radius 2 is 1.66 bits per heavy atom. The number of hydrogen-bond acceptors (Lipinski definition) is 3. The molecule has 0 fully saturated rings. The van der Waals surface area contributed by atoms with E-state index in [9.17, 15) is 19.3 Å². The van der Waals surface area contributed by atoms with Crippen LogP contribution in [0.15, 0.2) is 84.9 Å². The number of amides is 1. The Bertz CT molecular complexity index is 1350. The molecule has 4 aromatic rings. The van der Waals surface area contributed by atoms with Gasteiger partial charge in [-0.05, 0) is 34.0 Å². The van der Waals surface area contributed by atoms with Crippen molar-refractivity contribution in [3.8, 4) is 0 Å². The Kier molecular flexibility index (Phi) is 4.90. The smallest absolute Gasteiger partial charge is 0.269 e. The lowest BCUT2D eigenvalue weighted by molar-refractivity contribution is -0.384. The number of halogens is 1. The van der Waals surface area contributed by atoms with E-state index in [1.165, 1.54) is 18.2 Å². The summed E-state index contributed by atoms with van der Waals surface area (Å²) in [5.74, 6) is -0.708. The number of hydrogen-bond donors (Lipinski definition) is 0. The summed E-state index contributed by atoms with van der Waals surface area (Å²) < 4.78 is 14.4. The molecule has 0 N–H and O–H groups in total. The first-order valence-corrected chi connectivity index (χ1v) is 10.3. The molecule has 6 heteroatoms. The summed E-state index contributed by atoms with van der Waals surface area (Å²) >= 11 is 0. The van der Waals surface area contributed by atoms with Crippen LogP contribution < -0.4 is 4.90 Å². The van der Waals surface area contributed by atoms with Gasteiger partial charge in [-0.1, -0.05) is 60.7 Å². The highest BCUT2D eigenvalue weighted by Gasteiger charge is 2.34. The summed E-state index contributed by atoms with van der Waals surface area (Å²) in [7, 11) is 0. The highest BCUT2D eigenvalue weighted by atomic mass is 19.1. The quantitative estimate of drug-likeness (QED) is 0.299. The summed E-state index contributed by atoms with van der Waals surface area (Å²) in [6.45, 7) is 0.143. The maximum Gasteiger partial charge on any atom is 0.269 e. The third-order valence-electron chi connectivity index (χ3n) is 6.06. The lowest BCUT2D eigenvalue weighted by atomic mass is 9.81. The lowest BCUT2D eigenvalue weighted by Crippen LogP contribution is -2.36.